The summed E-state index contributed by atoms with van der Waals surface area (Å²) >= 11 is 0. The molecule has 1 saturated heterocycles. The van der Waals surface area contributed by atoms with Gasteiger partial charge >= 0.3 is 0 Å². The Morgan fingerprint density at radius 1 is 0.682 bits per heavy atom. The third-order valence-electron chi connectivity index (χ3n) is 4.00. The lowest BCUT2D eigenvalue weighted by atomic mass is 10.1. The highest BCUT2D eigenvalue weighted by atomic mass is 16.2. The fourth-order valence-corrected chi connectivity index (χ4v) is 2.79. The zero-order chi connectivity index (χ0) is 15.7. The summed E-state index contributed by atoms with van der Waals surface area (Å²) in [4.78, 5) is 28.2. The van der Waals surface area contributed by atoms with Crippen molar-refractivity contribution in [3.63, 3.8) is 0 Å². The zero-order valence-electron chi connectivity index (χ0n) is 12.7. The molecule has 4 heteroatoms. The topological polar surface area (TPSA) is 40.6 Å². The largest absolute Gasteiger partial charge is 0.301 e. The van der Waals surface area contributed by atoms with Crippen LogP contribution < -0.4 is 9.80 Å². The summed E-state index contributed by atoms with van der Waals surface area (Å²) in [5, 5.41) is 0. The van der Waals surface area contributed by atoms with Crippen LogP contribution in [0.25, 0.3) is 0 Å². The Labute approximate surface area is 130 Å². The maximum Gasteiger partial charge on any atom is 0.247 e. The number of benzene rings is 2. The fraction of sp³-hybridized carbons (Fsp3) is 0.222. The Hall–Kier alpha value is -2.62. The predicted octanol–water partition coefficient (Wildman–Crippen LogP) is 2.68. The first-order chi connectivity index (χ1) is 10.6. The number of piperazine rings is 1. The highest BCUT2D eigenvalue weighted by Gasteiger charge is 2.32. The molecule has 1 aliphatic heterocycles. The molecule has 0 aliphatic carbocycles. The molecule has 4 nitrogen and oxygen atoms in total. The number of carbonyl (C=O) groups excluding carboxylic acids is 2. The van der Waals surface area contributed by atoms with Gasteiger partial charge in [0.25, 0.3) is 0 Å². The summed E-state index contributed by atoms with van der Waals surface area (Å²) < 4.78 is 0. The molecule has 0 bridgehead atoms. The van der Waals surface area contributed by atoms with E-state index in [4.69, 9.17) is 0 Å². The molecular weight excluding hydrogens is 276 g/mol. The maximum atomic E-state index is 12.5. The van der Waals surface area contributed by atoms with Gasteiger partial charge in [-0.1, -0.05) is 36.4 Å². The SMILES string of the molecule is Cc1ccccc1N1CC(=O)N(c2ccccc2C)CC1=O. The zero-order valence-corrected chi connectivity index (χ0v) is 12.7. The van der Waals surface area contributed by atoms with Gasteiger partial charge in [0.15, 0.2) is 0 Å². The summed E-state index contributed by atoms with van der Waals surface area (Å²) in [5.41, 5.74) is 3.61. The van der Waals surface area contributed by atoms with Crippen molar-refractivity contribution in [2.45, 2.75) is 13.8 Å². The van der Waals surface area contributed by atoms with E-state index in [0.29, 0.717) is 0 Å². The van der Waals surface area contributed by atoms with Gasteiger partial charge in [-0.05, 0) is 37.1 Å². The summed E-state index contributed by atoms with van der Waals surface area (Å²) in [6.07, 6.45) is 0. The molecule has 0 saturated carbocycles. The van der Waals surface area contributed by atoms with Gasteiger partial charge in [-0.2, -0.15) is 0 Å². The first kappa shape index (κ1) is 14.3. The van der Waals surface area contributed by atoms with Gasteiger partial charge in [0.1, 0.15) is 13.1 Å². The van der Waals surface area contributed by atoms with E-state index in [9.17, 15) is 9.59 Å². The lowest BCUT2D eigenvalue weighted by molar-refractivity contribution is -0.125. The number of rotatable bonds is 2. The van der Waals surface area contributed by atoms with E-state index in [-0.39, 0.29) is 24.9 Å². The lowest BCUT2D eigenvalue weighted by Crippen LogP contribution is -2.54. The number of carbonyl (C=O) groups is 2. The first-order valence-electron chi connectivity index (χ1n) is 7.30. The minimum absolute atomic E-state index is 0.0582. The van der Waals surface area contributed by atoms with Crippen LogP contribution in [0.3, 0.4) is 0 Å². The van der Waals surface area contributed by atoms with Crippen LogP contribution in [-0.2, 0) is 9.59 Å². The Morgan fingerprint density at radius 2 is 1.05 bits per heavy atom. The minimum atomic E-state index is -0.0582. The molecule has 2 amide bonds. The Morgan fingerprint density at radius 3 is 1.41 bits per heavy atom. The predicted molar refractivity (Wildman–Crippen MR) is 87.1 cm³/mol. The molecule has 2 aromatic carbocycles. The van der Waals surface area contributed by atoms with Crippen molar-refractivity contribution in [1.29, 1.82) is 0 Å². The van der Waals surface area contributed by atoms with Crippen LogP contribution in [0.1, 0.15) is 11.1 Å². The number of amides is 2. The van der Waals surface area contributed by atoms with E-state index in [1.165, 1.54) is 0 Å². The number of para-hydroxylation sites is 2. The van der Waals surface area contributed by atoms with E-state index in [1.54, 1.807) is 9.80 Å². The number of aryl methyl sites for hydroxylation is 2. The average molecular weight is 294 g/mol. The van der Waals surface area contributed by atoms with Crippen molar-refractivity contribution in [2.75, 3.05) is 22.9 Å². The van der Waals surface area contributed by atoms with Gasteiger partial charge in [0, 0.05) is 11.4 Å². The van der Waals surface area contributed by atoms with Crippen LogP contribution in [-0.4, -0.2) is 24.9 Å². The molecule has 0 N–H and O–H groups in total. The second-order valence-electron chi connectivity index (χ2n) is 5.53. The van der Waals surface area contributed by atoms with Crippen molar-refractivity contribution in [2.24, 2.45) is 0 Å². The van der Waals surface area contributed by atoms with Gasteiger partial charge < -0.3 is 9.80 Å². The van der Waals surface area contributed by atoms with Crippen molar-refractivity contribution < 1.29 is 9.59 Å². The van der Waals surface area contributed by atoms with E-state index in [1.807, 2.05) is 62.4 Å². The molecule has 2 aromatic rings. The summed E-state index contributed by atoms with van der Waals surface area (Å²) in [7, 11) is 0. The summed E-state index contributed by atoms with van der Waals surface area (Å²) in [6, 6.07) is 15.3. The number of hydrogen-bond donors (Lipinski definition) is 0. The van der Waals surface area contributed by atoms with E-state index in [0.717, 1.165) is 22.5 Å². The van der Waals surface area contributed by atoms with Crippen LogP contribution in [0, 0.1) is 13.8 Å². The maximum absolute atomic E-state index is 12.5. The van der Waals surface area contributed by atoms with Crippen molar-refractivity contribution in [3.05, 3.63) is 59.7 Å². The molecule has 0 radical (unpaired) electrons. The van der Waals surface area contributed by atoms with Gasteiger partial charge in [-0.25, -0.2) is 0 Å². The van der Waals surface area contributed by atoms with Crippen LogP contribution >= 0.6 is 0 Å². The molecule has 0 atom stereocenters. The van der Waals surface area contributed by atoms with E-state index >= 15 is 0 Å². The summed E-state index contributed by atoms with van der Waals surface area (Å²) in [5.74, 6) is -0.116. The molecule has 22 heavy (non-hydrogen) atoms. The third kappa shape index (κ3) is 2.48. The Kier molecular flexibility index (Phi) is 3.67. The molecule has 1 fully saturated rings. The summed E-state index contributed by atoms with van der Waals surface area (Å²) in [6.45, 7) is 4.05. The van der Waals surface area contributed by atoms with Gasteiger partial charge in [0.2, 0.25) is 11.8 Å². The lowest BCUT2D eigenvalue weighted by Gasteiger charge is -2.35. The quantitative estimate of drug-likeness (QED) is 0.854. The average Bonchev–Trinajstić information content (AvgIpc) is 2.51. The second kappa shape index (κ2) is 5.64. The highest BCUT2D eigenvalue weighted by molar-refractivity contribution is 6.12. The smallest absolute Gasteiger partial charge is 0.247 e. The monoisotopic (exact) mass is 294 g/mol. The normalized spacial score (nSPS) is 15.4. The number of nitrogens with zero attached hydrogens (tertiary/aromatic N) is 2. The number of anilines is 2. The van der Waals surface area contributed by atoms with Crippen LogP contribution in [0.5, 0.6) is 0 Å². The van der Waals surface area contributed by atoms with Gasteiger partial charge in [-0.15, -0.1) is 0 Å². The Bertz CT molecular complexity index is 676. The molecule has 112 valence electrons. The van der Waals surface area contributed by atoms with Crippen molar-refractivity contribution in [1.82, 2.24) is 0 Å². The van der Waals surface area contributed by atoms with Gasteiger partial charge in [0.05, 0.1) is 0 Å². The second-order valence-corrected chi connectivity index (χ2v) is 5.53. The van der Waals surface area contributed by atoms with Crippen LogP contribution in [0.2, 0.25) is 0 Å². The number of hydrogen-bond acceptors (Lipinski definition) is 2. The molecule has 1 heterocycles. The van der Waals surface area contributed by atoms with Crippen molar-refractivity contribution in [3.8, 4) is 0 Å². The standard InChI is InChI=1S/C18H18N2O2/c1-13-7-3-5-9-15(13)19-11-18(22)20(12-17(19)21)16-10-6-4-8-14(16)2/h3-10H,11-12H2,1-2H3. The molecule has 1 aliphatic rings. The first-order valence-corrected chi connectivity index (χ1v) is 7.30. The minimum Gasteiger partial charge on any atom is -0.301 e. The molecule has 0 unspecified atom stereocenters. The van der Waals surface area contributed by atoms with Gasteiger partial charge in [-0.3, -0.25) is 9.59 Å². The third-order valence-corrected chi connectivity index (χ3v) is 4.00. The molecule has 0 spiro atoms. The fourth-order valence-electron chi connectivity index (χ4n) is 2.79. The van der Waals surface area contributed by atoms with E-state index < -0.39 is 0 Å². The van der Waals surface area contributed by atoms with Crippen LogP contribution in [0.15, 0.2) is 48.5 Å². The molecular formula is C18H18N2O2. The van der Waals surface area contributed by atoms with E-state index in [2.05, 4.69) is 0 Å². The Balaban J connectivity index is 1.90. The molecule has 0 aromatic heterocycles. The van der Waals surface area contributed by atoms with Crippen molar-refractivity contribution >= 4 is 23.2 Å². The van der Waals surface area contributed by atoms with Crippen LogP contribution in [0.4, 0.5) is 11.4 Å². The molecule has 3 rings (SSSR count). The highest BCUT2D eigenvalue weighted by Crippen LogP contribution is 2.26.